The summed E-state index contributed by atoms with van der Waals surface area (Å²) in [6.45, 7) is 7.18. The standard InChI is InChI=1S/C20H22N2O2S/c1-20(2,3)16-11-9-15(10-12-16)18-21-22-19(24-18)25-14-13-23-17-7-5-4-6-8-17/h4-12H,13-14H2,1-3H3. The summed E-state index contributed by atoms with van der Waals surface area (Å²) in [4.78, 5) is 0. The molecule has 3 rings (SSSR count). The number of hydrogen-bond donors (Lipinski definition) is 0. The van der Waals surface area contributed by atoms with Gasteiger partial charge < -0.3 is 9.15 Å². The van der Waals surface area contributed by atoms with E-state index in [2.05, 4.69) is 43.1 Å². The zero-order valence-corrected chi connectivity index (χ0v) is 15.5. The molecule has 0 bridgehead atoms. The van der Waals surface area contributed by atoms with Crippen molar-refractivity contribution in [2.45, 2.75) is 31.4 Å². The summed E-state index contributed by atoms with van der Waals surface area (Å²) in [5.74, 6) is 2.17. The molecule has 0 amide bonds. The first-order chi connectivity index (χ1) is 12.0. The molecule has 0 fully saturated rings. The predicted octanol–water partition coefficient (Wildman–Crippen LogP) is 5.21. The quantitative estimate of drug-likeness (QED) is 0.449. The average molecular weight is 354 g/mol. The SMILES string of the molecule is CC(C)(C)c1ccc(-c2nnc(SCCOc3ccccc3)o2)cc1. The number of thioether (sulfide) groups is 1. The Morgan fingerprint density at radius 3 is 2.36 bits per heavy atom. The summed E-state index contributed by atoms with van der Waals surface area (Å²) in [5, 5.41) is 8.80. The lowest BCUT2D eigenvalue weighted by Gasteiger charge is -2.18. The van der Waals surface area contributed by atoms with E-state index in [0.717, 1.165) is 17.1 Å². The van der Waals surface area contributed by atoms with E-state index in [4.69, 9.17) is 9.15 Å². The van der Waals surface area contributed by atoms with Gasteiger partial charge in [-0.3, -0.25) is 0 Å². The van der Waals surface area contributed by atoms with E-state index in [-0.39, 0.29) is 5.41 Å². The smallest absolute Gasteiger partial charge is 0.276 e. The molecule has 0 radical (unpaired) electrons. The molecule has 4 nitrogen and oxygen atoms in total. The van der Waals surface area contributed by atoms with Crippen LogP contribution in [0.25, 0.3) is 11.5 Å². The van der Waals surface area contributed by atoms with Gasteiger partial charge in [0.25, 0.3) is 5.22 Å². The average Bonchev–Trinajstić information content (AvgIpc) is 3.08. The van der Waals surface area contributed by atoms with Crippen LogP contribution in [0.15, 0.2) is 64.2 Å². The first-order valence-corrected chi connectivity index (χ1v) is 9.26. The molecule has 1 aromatic heterocycles. The first-order valence-electron chi connectivity index (χ1n) is 8.27. The largest absolute Gasteiger partial charge is 0.493 e. The zero-order valence-electron chi connectivity index (χ0n) is 14.7. The molecule has 0 aliphatic heterocycles. The van der Waals surface area contributed by atoms with Crippen molar-refractivity contribution >= 4 is 11.8 Å². The second-order valence-corrected chi connectivity index (χ2v) is 7.76. The topological polar surface area (TPSA) is 48.2 Å². The van der Waals surface area contributed by atoms with Crippen molar-refractivity contribution < 1.29 is 9.15 Å². The van der Waals surface area contributed by atoms with Gasteiger partial charge in [-0.15, -0.1) is 10.2 Å². The van der Waals surface area contributed by atoms with Crippen LogP contribution in [-0.2, 0) is 5.41 Å². The summed E-state index contributed by atoms with van der Waals surface area (Å²) in [6, 6.07) is 18.0. The van der Waals surface area contributed by atoms with Crippen molar-refractivity contribution in [3.63, 3.8) is 0 Å². The third kappa shape index (κ3) is 4.86. The van der Waals surface area contributed by atoms with Crippen molar-refractivity contribution in [2.75, 3.05) is 12.4 Å². The van der Waals surface area contributed by atoms with E-state index in [9.17, 15) is 0 Å². The highest BCUT2D eigenvalue weighted by atomic mass is 32.2. The van der Waals surface area contributed by atoms with Crippen molar-refractivity contribution in [2.24, 2.45) is 0 Å². The maximum Gasteiger partial charge on any atom is 0.276 e. The Morgan fingerprint density at radius 1 is 0.960 bits per heavy atom. The lowest BCUT2D eigenvalue weighted by molar-refractivity contribution is 0.343. The van der Waals surface area contributed by atoms with Crippen LogP contribution in [0.2, 0.25) is 0 Å². The Balaban J connectivity index is 1.53. The molecule has 3 aromatic rings. The van der Waals surface area contributed by atoms with Gasteiger partial charge in [0.15, 0.2) is 0 Å². The maximum absolute atomic E-state index is 5.73. The number of para-hydroxylation sites is 1. The molecule has 0 aliphatic rings. The van der Waals surface area contributed by atoms with Crippen LogP contribution in [0.5, 0.6) is 5.75 Å². The van der Waals surface area contributed by atoms with E-state index >= 15 is 0 Å². The normalized spacial score (nSPS) is 11.5. The monoisotopic (exact) mass is 354 g/mol. The van der Waals surface area contributed by atoms with Crippen LogP contribution in [0.1, 0.15) is 26.3 Å². The van der Waals surface area contributed by atoms with Crippen LogP contribution in [0.4, 0.5) is 0 Å². The maximum atomic E-state index is 5.73. The predicted molar refractivity (Wildman–Crippen MR) is 101 cm³/mol. The third-order valence-electron chi connectivity index (χ3n) is 3.73. The molecular formula is C20H22N2O2S. The van der Waals surface area contributed by atoms with Crippen LogP contribution in [-0.4, -0.2) is 22.6 Å². The minimum Gasteiger partial charge on any atom is -0.493 e. The summed E-state index contributed by atoms with van der Waals surface area (Å²) in [5.41, 5.74) is 2.35. The molecule has 0 unspecified atom stereocenters. The Labute approximate surface area is 152 Å². The second-order valence-electron chi connectivity index (χ2n) is 6.71. The van der Waals surface area contributed by atoms with E-state index < -0.39 is 0 Å². The summed E-state index contributed by atoms with van der Waals surface area (Å²) in [7, 11) is 0. The fraction of sp³-hybridized carbons (Fsp3) is 0.300. The number of aromatic nitrogens is 2. The van der Waals surface area contributed by atoms with Crippen molar-refractivity contribution in [1.82, 2.24) is 10.2 Å². The minimum atomic E-state index is 0.132. The van der Waals surface area contributed by atoms with Crippen molar-refractivity contribution in [3.8, 4) is 17.2 Å². The van der Waals surface area contributed by atoms with Crippen LogP contribution < -0.4 is 4.74 Å². The Hall–Kier alpha value is -2.27. The number of nitrogens with zero attached hydrogens (tertiary/aromatic N) is 2. The molecule has 0 spiro atoms. The third-order valence-corrected chi connectivity index (χ3v) is 4.51. The molecule has 0 aliphatic carbocycles. The number of ether oxygens (including phenoxy) is 1. The Kier molecular flexibility index (Phi) is 5.43. The summed E-state index contributed by atoms with van der Waals surface area (Å²) < 4.78 is 11.4. The minimum absolute atomic E-state index is 0.132. The van der Waals surface area contributed by atoms with E-state index in [1.165, 1.54) is 17.3 Å². The Bertz CT molecular complexity index is 793. The van der Waals surface area contributed by atoms with Crippen molar-refractivity contribution in [1.29, 1.82) is 0 Å². The zero-order chi connectivity index (χ0) is 17.7. The van der Waals surface area contributed by atoms with Crippen LogP contribution in [0.3, 0.4) is 0 Å². The van der Waals surface area contributed by atoms with Gasteiger partial charge in [0.05, 0.1) is 6.61 Å². The molecule has 0 N–H and O–H groups in total. The second kappa shape index (κ2) is 7.74. The molecule has 0 atom stereocenters. The molecule has 0 saturated heterocycles. The van der Waals surface area contributed by atoms with Gasteiger partial charge >= 0.3 is 0 Å². The summed E-state index contributed by atoms with van der Waals surface area (Å²) >= 11 is 1.50. The first kappa shape index (κ1) is 17.5. The van der Waals surface area contributed by atoms with Gasteiger partial charge in [-0.05, 0) is 35.2 Å². The van der Waals surface area contributed by atoms with E-state index in [1.807, 2.05) is 42.5 Å². The van der Waals surface area contributed by atoms with Gasteiger partial charge in [-0.25, -0.2) is 0 Å². The fourth-order valence-electron chi connectivity index (χ4n) is 2.30. The molecule has 25 heavy (non-hydrogen) atoms. The molecule has 5 heteroatoms. The van der Waals surface area contributed by atoms with Gasteiger partial charge in [0, 0.05) is 11.3 Å². The molecule has 2 aromatic carbocycles. The van der Waals surface area contributed by atoms with Crippen molar-refractivity contribution in [3.05, 3.63) is 60.2 Å². The Morgan fingerprint density at radius 2 is 1.68 bits per heavy atom. The molecule has 0 saturated carbocycles. The molecule has 130 valence electrons. The number of rotatable bonds is 6. The van der Waals surface area contributed by atoms with E-state index in [1.54, 1.807) is 0 Å². The highest BCUT2D eigenvalue weighted by molar-refractivity contribution is 7.99. The highest BCUT2D eigenvalue weighted by Gasteiger charge is 2.14. The fourth-order valence-corrected chi connectivity index (χ4v) is 2.88. The number of hydrogen-bond acceptors (Lipinski definition) is 5. The molecular weight excluding hydrogens is 332 g/mol. The lowest BCUT2D eigenvalue weighted by Crippen LogP contribution is -2.10. The van der Waals surface area contributed by atoms with Gasteiger partial charge in [0.1, 0.15) is 5.75 Å². The lowest BCUT2D eigenvalue weighted by atomic mass is 9.87. The number of benzene rings is 2. The van der Waals surface area contributed by atoms with E-state index in [0.29, 0.717) is 17.7 Å². The van der Waals surface area contributed by atoms with Gasteiger partial charge in [0.2, 0.25) is 5.89 Å². The van der Waals surface area contributed by atoms with Gasteiger partial charge in [-0.1, -0.05) is 62.9 Å². The molecule has 1 heterocycles. The highest BCUT2D eigenvalue weighted by Crippen LogP contribution is 2.27. The van der Waals surface area contributed by atoms with Crippen LogP contribution in [0, 0.1) is 0 Å². The van der Waals surface area contributed by atoms with Gasteiger partial charge in [-0.2, -0.15) is 0 Å². The summed E-state index contributed by atoms with van der Waals surface area (Å²) in [6.07, 6.45) is 0. The van der Waals surface area contributed by atoms with Crippen LogP contribution >= 0.6 is 11.8 Å².